The summed E-state index contributed by atoms with van der Waals surface area (Å²) >= 11 is 3.41. The molecule has 1 N–H and O–H groups in total. The van der Waals surface area contributed by atoms with E-state index in [4.69, 9.17) is 0 Å². The molecule has 1 nitrogen and oxygen atoms in total. The van der Waals surface area contributed by atoms with Gasteiger partial charge in [-0.15, -0.1) is 0 Å². The van der Waals surface area contributed by atoms with Crippen molar-refractivity contribution >= 4 is 26.8 Å². The highest BCUT2D eigenvalue weighted by Gasteiger charge is 2.16. The lowest BCUT2D eigenvalue weighted by Gasteiger charge is -2.21. The van der Waals surface area contributed by atoms with E-state index in [1.165, 1.54) is 43.7 Å². The normalized spacial score (nSPS) is 17.4. The Balaban J connectivity index is 1.92. The van der Waals surface area contributed by atoms with Gasteiger partial charge in [0.15, 0.2) is 0 Å². The average Bonchev–Trinajstić information content (AvgIpc) is 2.74. The highest BCUT2D eigenvalue weighted by atomic mass is 79.9. The number of aromatic nitrogens is 1. The van der Waals surface area contributed by atoms with Crippen molar-refractivity contribution in [2.45, 2.75) is 38.5 Å². The average molecular weight is 310 g/mol. The number of fused-ring (bicyclic) bond motifs is 1. The van der Waals surface area contributed by atoms with Crippen LogP contribution in [0, 0.1) is 11.7 Å². The number of hydrogen-bond acceptors (Lipinski definition) is 0. The van der Waals surface area contributed by atoms with E-state index in [1.807, 2.05) is 6.20 Å². The van der Waals surface area contributed by atoms with E-state index >= 15 is 0 Å². The van der Waals surface area contributed by atoms with Gasteiger partial charge in [-0.25, -0.2) is 4.39 Å². The van der Waals surface area contributed by atoms with E-state index < -0.39 is 0 Å². The predicted molar refractivity (Wildman–Crippen MR) is 76.2 cm³/mol. The monoisotopic (exact) mass is 309 g/mol. The van der Waals surface area contributed by atoms with Crippen molar-refractivity contribution in [1.29, 1.82) is 0 Å². The lowest BCUT2D eigenvalue weighted by atomic mass is 9.85. The Hall–Kier alpha value is -0.830. The van der Waals surface area contributed by atoms with Crippen LogP contribution in [0.5, 0.6) is 0 Å². The molecule has 0 unspecified atom stereocenters. The summed E-state index contributed by atoms with van der Waals surface area (Å²) in [5.41, 5.74) is 2.28. The zero-order valence-corrected chi connectivity index (χ0v) is 11.9. The topological polar surface area (TPSA) is 15.8 Å². The molecule has 1 aromatic heterocycles. The molecule has 3 heteroatoms. The summed E-state index contributed by atoms with van der Waals surface area (Å²) in [4.78, 5) is 3.26. The molecule has 0 radical (unpaired) electrons. The second-order valence-corrected chi connectivity index (χ2v) is 6.19. The summed E-state index contributed by atoms with van der Waals surface area (Å²) in [6, 6.07) is 3.16. The van der Waals surface area contributed by atoms with Crippen molar-refractivity contribution < 1.29 is 4.39 Å². The Morgan fingerprint density at radius 3 is 2.78 bits per heavy atom. The summed E-state index contributed by atoms with van der Waals surface area (Å²) in [6.07, 6.45) is 9.85. The molecule has 3 rings (SSSR count). The second kappa shape index (κ2) is 5.04. The van der Waals surface area contributed by atoms with E-state index in [0.29, 0.717) is 0 Å². The fraction of sp³-hybridized carbons (Fsp3) is 0.467. The van der Waals surface area contributed by atoms with Gasteiger partial charge in [0.25, 0.3) is 0 Å². The summed E-state index contributed by atoms with van der Waals surface area (Å²) in [6.45, 7) is 0. The summed E-state index contributed by atoms with van der Waals surface area (Å²) in [7, 11) is 0. The van der Waals surface area contributed by atoms with Crippen LogP contribution in [0.15, 0.2) is 22.8 Å². The molecule has 0 aliphatic heterocycles. The van der Waals surface area contributed by atoms with Gasteiger partial charge in [0.1, 0.15) is 5.82 Å². The van der Waals surface area contributed by atoms with Crippen LogP contribution < -0.4 is 0 Å². The van der Waals surface area contributed by atoms with Gasteiger partial charge in [0, 0.05) is 16.1 Å². The number of nitrogens with one attached hydrogen (secondary N) is 1. The number of halogens is 2. The van der Waals surface area contributed by atoms with Crippen molar-refractivity contribution in [2.24, 2.45) is 5.92 Å². The smallest absolute Gasteiger partial charge is 0.125 e. The maximum atomic E-state index is 13.5. The van der Waals surface area contributed by atoms with Crippen molar-refractivity contribution in [3.8, 4) is 0 Å². The van der Waals surface area contributed by atoms with Gasteiger partial charge >= 0.3 is 0 Å². The van der Waals surface area contributed by atoms with Crippen LogP contribution >= 0.6 is 15.9 Å². The molecule has 96 valence electrons. The Morgan fingerprint density at radius 1 is 1.22 bits per heavy atom. The lowest BCUT2D eigenvalue weighted by molar-refractivity contribution is 0.357. The molecule has 0 amide bonds. The number of benzene rings is 1. The molecule has 0 bridgehead atoms. The van der Waals surface area contributed by atoms with Crippen LogP contribution in [0.4, 0.5) is 4.39 Å². The van der Waals surface area contributed by atoms with Gasteiger partial charge in [-0.1, -0.05) is 32.1 Å². The fourth-order valence-electron chi connectivity index (χ4n) is 3.08. The minimum Gasteiger partial charge on any atom is -0.360 e. The van der Waals surface area contributed by atoms with Gasteiger partial charge < -0.3 is 4.98 Å². The quantitative estimate of drug-likeness (QED) is 0.785. The molecule has 1 saturated carbocycles. The van der Waals surface area contributed by atoms with E-state index in [1.54, 1.807) is 6.07 Å². The van der Waals surface area contributed by atoms with Gasteiger partial charge in [-0.05, 0) is 46.0 Å². The first-order valence-corrected chi connectivity index (χ1v) is 7.48. The molecule has 1 aliphatic carbocycles. The van der Waals surface area contributed by atoms with Crippen LogP contribution in [0.2, 0.25) is 0 Å². The standard InChI is InChI=1S/C15H17BrFN/c16-14-8-12(17)7-13-11(9-18-15(13)14)6-10-4-2-1-3-5-10/h7-10,18H,1-6H2. The van der Waals surface area contributed by atoms with Crippen LogP contribution in [0.3, 0.4) is 0 Å². The first-order chi connectivity index (χ1) is 8.74. The van der Waals surface area contributed by atoms with Crippen molar-refractivity contribution in [1.82, 2.24) is 4.98 Å². The third kappa shape index (κ3) is 2.33. The van der Waals surface area contributed by atoms with Gasteiger partial charge in [0.2, 0.25) is 0 Å². The molecule has 2 aromatic rings. The Labute approximate surface area is 115 Å². The van der Waals surface area contributed by atoms with Crippen molar-refractivity contribution in [3.63, 3.8) is 0 Å². The molecule has 0 atom stereocenters. The first-order valence-electron chi connectivity index (χ1n) is 6.69. The fourth-order valence-corrected chi connectivity index (χ4v) is 3.63. The third-order valence-corrected chi connectivity index (χ3v) is 4.65. The SMILES string of the molecule is Fc1cc(Br)c2[nH]cc(CC3CCCCC3)c2c1. The highest BCUT2D eigenvalue weighted by molar-refractivity contribution is 9.10. The van der Waals surface area contributed by atoms with Gasteiger partial charge in [-0.2, -0.15) is 0 Å². The van der Waals surface area contributed by atoms with Gasteiger partial charge in [-0.3, -0.25) is 0 Å². The largest absolute Gasteiger partial charge is 0.360 e. The Bertz CT molecular complexity index is 555. The number of rotatable bonds is 2. The molecule has 1 aromatic carbocycles. The molecule has 0 spiro atoms. The molecule has 1 heterocycles. The molecule has 1 fully saturated rings. The van der Waals surface area contributed by atoms with Crippen LogP contribution in [-0.4, -0.2) is 4.98 Å². The number of hydrogen-bond donors (Lipinski definition) is 1. The summed E-state index contributed by atoms with van der Waals surface area (Å²) in [5, 5.41) is 1.03. The first kappa shape index (κ1) is 12.2. The highest BCUT2D eigenvalue weighted by Crippen LogP contribution is 2.32. The molecule has 0 saturated heterocycles. The third-order valence-electron chi connectivity index (χ3n) is 4.03. The van der Waals surface area contributed by atoms with E-state index in [-0.39, 0.29) is 5.82 Å². The zero-order chi connectivity index (χ0) is 12.5. The van der Waals surface area contributed by atoms with Crippen LogP contribution in [0.1, 0.15) is 37.7 Å². The maximum Gasteiger partial charge on any atom is 0.125 e. The zero-order valence-electron chi connectivity index (χ0n) is 10.3. The van der Waals surface area contributed by atoms with Crippen molar-refractivity contribution in [3.05, 3.63) is 34.2 Å². The molecular formula is C15H17BrFN. The summed E-state index contributed by atoms with van der Waals surface area (Å²) in [5.74, 6) is 0.610. The van der Waals surface area contributed by atoms with Crippen LogP contribution in [0.25, 0.3) is 10.9 Å². The Morgan fingerprint density at radius 2 is 2.00 bits per heavy atom. The minimum atomic E-state index is -0.168. The van der Waals surface area contributed by atoms with Crippen LogP contribution in [-0.2, 0) is 6.42 Å². The Kier molecular flexibility index (Phi) is 3.42. The van der Waals surface area contributed by atoms with E-state index in [2.05, 4.69) is 20.9 Å². The number of H-pyrrole nitrogens is 1. The second-order valence-electron chi connectivity index (χ2n) is 5.33. The van der Waals surface area contributed by atoms with Crippen molar-refractivity contribution in [2.75, 3.05) is 0 Å². The van der Waals surface area contributed by atoms with Gasteiger partial charge in [0.05, 0.1) is 5.52 Å². The predicted octanol–water partition coefficient (Wildman–Crippen LogP) is 5.19. The molecule has 1 aliphatic rings. The summed E-state index contributed by atoms with van der Waals surface area (Å²) < 4.78 is 14.3. The molecule has 18 heavy (non-hydrogen) atoms. The van der Waals surface area contributed by atoms with E-state index in [9.17, 15) is 4.39 Å². The minimum absolute atomic E-state index is 0.168. The van der Waals surface area contributed by atoms with E-state index in [0.717, 1.165) is 27.7 Å². The lowest BCUT2D eigenvalue weighted by Crippen LogP contribution is -2.08. The molecular weight excluding hydrogens is 293 g/mol. The maximum absolute atomic E-state index is 13.5. The number of aromatic amines is 1.